The van der Waals surface area contributed by atoms with Gasteiger partial charge in [0.05, 0.1) is 11.6 Å². The molecule has 160 valence electrons. The summed E-state index contributed by atoms with van der Waals surface area (Å²) >= 11 is 0. The maximum Gasteiger partial charge on any atom is 0.417 e. The summed E-state index contributed by atoms with van der Waals surface area (Å²) < 4.78 is 85.9. The van der Waals surface area contributed by atoms with Crippen LogP contribution in [0.1, 0.15) is 32.3 Å². The van der Waals surface area contributed by atoms with E-state index in [9.17, 15) is 31.1 Å². The van der Waals surface area contributed by atoms with Crippen LogP contribution in [0.3, 0.4) is 0 Å². The van der Waals surface area contributed by atoms with Gasteiger partial charge < -0.3 is 14.6 Å². The van der Waals surface area contributed by atoms with Gasteiger partial charge in [-0.1, -0.05) is 0 Å². The predicted octanol–water partition coefficient (Wildman–Crippen LogP) is 4.87. The highest BCUT2D eigenvalue weighted by molar-refractivity contribution is 5.86. The summed E-state index contributed by atoms with van der Waals surface area (Å²) in [6.07, 6.45) is -10.8. The van der Waals surface area contributed by atoms with E-state index in [4.69, 9.17) is 4.74 Å². The lowest BCUT2D eigenvalue weighted by atomic mass is 10.0. The minimum absolute atomic E-state index is 0.0332. The topological polar surface area (TPSA) is 45.3 Å². The Labute approximate surface area is 162 Å². The lowest BCUT2D eigenvalue weighted by Gasteiger charge is -2.36. The second-order valence-corrected chi connectivity index (χ2v) is 7.09. The number of hydrogen-bond donors (Lipinski definition) is 1. The van der Waals surface area contributed by atoms with Crippen molar-refractivity contribution in [3.8, 4) is 0 Å². The van der Waals surface area contributed by atoms with Crippen molar-refractivity contribution in [3.63, 3.8) is 0 Å². The van der Waals surface area contributed by atoms with Crippen molar-refractivity contribution in [3.05, 3.63) is 40.2 Å². The third-order valence-corrected chi connectivity index (χ3v) is 5.16. The van der Waals surface area contributed by atoms with Gasteiger partial charge in [0.15, 0.2) is 6.10 Å². The van der Waals surface area contributed by atoms with Gasteiger partial charge in [0.1, 0.15) is 0 Å². The van der Waals surface area contributed by atoms with Gasteiger partial charge in [0.2, 0.25) is 5.56 Å². The van der Waals surface area contributed by atoms with Crippen molar-refractivity contribution in [1.29, 1.82) is 0 Å². The number of halogens is 6. The van der Waals surface area contributed by atoms with Gasteiger partial charge in [-0.25, -0.2) is 0 Å². The maximum atomic E-state index is 13.6. The lowest BCUT2D eigenvalue weighted by Crippen LogP contribution is -2.50. The van der Waals surface area contributed by atoms with E-state index in [-0.39, 0.29) is 35.7 Å². The largest absolute Gasteiger partial charge is 0.417 e. The molecule has 0 radical (unpaired) electrons. The van der Waals surface area contributed by atoms with E-state index >= 15 is 0 Å². The van der Waals surface area contributed by atoms with Gasteiger partial charge in [-0.05, 0) is 44.9 Å². The van der Waals surface area contributed by atoms with E-state index in [0.29, 0.717) is 12.5 Å². The molecule has 0 bridgehead atoms. The number of pyridine rings is 1. The molecular weight excluding hydrogens is 402 g/mol. The Hall–Kier alpha value is -2.23. The lowest BCUT2D eigenvalue weighted by molar-refractivity contribution is -0.224. The minimum atomic E-state index is -4.78. The molecule has 3 rings (SSSR count). The van der Waals surface area contributed by atoms with E-state index in [1.54, 1.807) is 6.92 Å². The molecule has 4 nitrogen and oxygen atoms in total. The zero-order valence-electron chi connectivity index (χ0n) is 15.7. The Morgan fingerprint density at radius 2 is 1.86 bits per heavy atom. The van der Waals surface area contributed by atoms with Crippen LogP contribution in [-0.2, 0) is 10.9 Å². The van der Waals surface area contributed by atoms with Crippen LogP contribution in [0, 0.1) is 0 Å². The van der Waals surface area contributed by atoms with Gasteiger partial charge in [0.25, 0.3) is 0 Å². The first kappa shape index (κ1) is 21.5. The van der Waals surface area contributed by atoms with Crippen molar-refractivity contribution in [2.24, 2.45) is 0 Å². The Morgan fingerprint density at radius 3 is 2.45 bits per heavy atom. The Balaban J connectivity index is 2.12. The molecule has 2 aromatic rings. The van der Waals surface area contributed by atoms with Crippen molar-refractivity contribution in [2.75, 3.05) is 11.5 Å². The molecule has 1 aromatic heterocycles. The van der Waals surface area contributed by atoms with E-state index < -0.39 is 35.6 Å². The number of alkyl halides is 6. The zero-order valence-corrected chi connectivity index (χ0v) is 15.7. The van der Waals surface area contributed by atoms with Gasteiger partial charge in [-0.2, -0.15) is 26.3 Å². The molecule has 29 heavy (non-hydrogen) atoms. The van der Waals surface area contributed by atoms with Crippen LogP contribution in [0.2, 0.25) is 0 Å². The van der Waals surface area contributed by atoms with Crippen LogP contribution in [0.25, 0.3) is 10.9 Å². The van der Waals surface area contributed by atoms with Crippen LogP contribution >= 0.6 is 0 Å². The first-order chi connectivity index (χ1) is 13.4. The number of fused-ring (bicyclic) bond motifs is 1. The molecule has 0 unspecified atom stereocenters. The standard InChI is InChI=1S/C19H20F6N2O2/c1-3-29-17(19(23,24)25)15-7-4-10(2)27(15)11-5-6-14-12(8-11)13(18(20,21)22)9-16(28)26-14/h5-6,8-10,15,17H,3-4,7H2,1-2H3,(H,26,28)/t10-,15+,17+/m0/s1. The number of aromatic nitrogens is 1. The number of nitrogens with one attached hydrogen (secondary N) is 1. The van der Waals surface area contributed by atoms with Crippen LogP contribution < -0.4 is 10.5 Å². The van der Waals surface area contributed by atoms with Gasteiger partial charge in [-0.15, -0.1) is 0 Å². The number of benzene rings is 1. The summed E-state index contributed by atoms with van der Waals surface area (Å²) in [5, 5.41) is -0.271. The number of rotatable bonds is 4. The first-order valence-corrected chi connectivity index (χ1v) is 9.14. The smallest absolute Gasteiger partial charge is 0.367 e. The summed E-state index contributed by atoms with van der Waals surface area (Å²) in [5.74, 6) is 0. The fourth-order valence-electron chi connectivity index (χ4n) is 4.00. The van der Waals surface area contributed by atoms with Crippen LogP contribution in [0.5, 0.6) is 0 Å². The van der Waals surface area contributed by atoms with Gasteiger partial charge in [0, 0.05) is 35.3 Å². The summed E-state index contributed by atoms with van der Waals surface area (Å²) in [4.78, 5) is 15.4. The molecule has 1 aromatic carbocycles. The molecule has 2 heterocycles. The van der Waals surface area contributed by atoms with Crippen molar-refractivity contribution < 1.29 is 31.1 Å². The summed E-state index contributed by atoms with van der Waals surface area (Å²) in [5.41, 5.74) is -1.84. The van der Waals surface area contributed by atoms with Crippen LogP contribution in [0.15, 0.2) is 29.1 Å². The maximum absolute atomic E-state index is 13.6. The molecule has 0 amide bonds. The van der Waals surface area contributed by atoms with Crippen LogP contribution in [-0.4, -0.2) is 36.0 Å². The number of anilines is 1. The molecule has 1 aliphatic rings. The van der Waals surface area contributed by atoms with Crippen molar-refractivity contribution >= 4 is 16.6 Å². The number of ether oxygens (including phenoxy) is 1. The second-order valence-electron chi connectivity index (χ2n) is 7.09. The molecule has 1 fully saturated rings. The molecule has 1 N–H and O–H groups in total. The molecule has 0 saturated carbocycles. The summed E-state index contributed by atoms with van der Waals surface area (Å²) in [6, 6.07) is 2.97. The zero-order chi connectivity index (χ0) is 21.6. The fourth-order valence-corrected chi connectivity index (χ4v) is 4.00. The molecule has 1 aliphatic heterocycles. The summed E-state index contributed by atoms with van der Waals surface area (Å²) in [6.45, 7) is 3.05. The van der Waals surface area contributed by atoms with E-state index in [2.05, 4.69) is 4.98 Å². The molecule has 1 saturated heterocycles. The highest BCUT2D eigenvalue weighted by Gasteiger charge is 2.50. The molecule has 0 spiro atoms. The number of aromatic amines is 1. The SMILES string of the molecule is CCO[C@H]([C@H]1CC[C@H](C)N1c1ccc2[nH]c(=O)cc(C(F)(F)F)c2c1)C(F)(F)F. The van der Waals surface area contributed by atoms with E-state index in [0.717, 1.165) is 0 Å². The third kappa shape index (κ3) is 4.22. The molecule has 10 heteroatoms. The van der Waals surface area contributed by atoms with Crippen molar-refractivity contribution in [2.45, 2.75) is 57.2 Å². The average Bonchev–Trinajstić information content (AvgIpc) is 2.97. The predicted molar refractivity (Wildman–Crippen MR) is 96.0 cm³/mol. The number of hydrogen-bond acceptors (Lipinski definition) is 3. The quantitative estimate of drug-likeness (QED) is 0.715. The first-order valence-electron chi connectivity index (χ1n) is 9.14. The number of nitrogens with zero attached hydrogens (tertiary/aromatic N) is 1. The van der Waals surface area contributed by atoms with Crippen LogP contribution in [0.4, 0.5) is 32.0 Å². The fraction of sp³-hybridized carbons (Fsp3) is 0.526. The van der Waals surface area contributed by atoms with Gasteiger partial charge >= 0.3 is 12.4 Å². The third-order valence-electron chi connectivity index (χ3n) is 5.16. The molecular formula is C19H20F6N2O2. The normalized spacial score (nSPS) is 21.7. The Kier molecular flexibility index (Phi) is 5.59. The minimum Gasteiger partial charge on any atom is -0.367 e. The monoisotopic (exact) mass is 422 g/mol. The van der Waals surface area contributed by atoms with Crippen molar-refractivity contribution in [1.82, 2.24) is 4.98 Å². The molecule has 0 aliphatic carbocycles. The molecule has 3 atom stereocenters. The Morgan fingerprint density at radius 1 is 1.17 bits per heavy atom. The number of H-pyrrole nitrogens is 1. The Bertz CT molecular complexity index is 937. The highest BCUT2D eigenvalue weighted by Crippen LogP contribution is 2.40. The van der Waals surface area contributed by atoms with Gasteiger partial charge in [-0.3, -0.25) is 4.79 Å². The summed E-state index contributed by atoms with van der Waals surface area (Å²) in [7, 11) is 0. The van der Waals surface area contributed by atoms with E-state index in [1.807, 2.05) is 0 Å². The second kappa shape index (κ2) is 7.55. The highest BCUT2D eigenvalue weighted by atomic mass is 19.4. The van der Waals surface area contributed by atoms with E-state index in [1.165, 1.54) is 30.0 Å². The average molecular weight is 422 g/mol.